The monoisotopic (exact) mass is 517 g/mol. The number of benzene rings is 1. The van der Waals surface area contributed by atoms with Gasteiger partial charge in [-0.05, 0) is 33.8 Å². The molecule has 2 aliphatic rings. The highest BCUT2D eigenvalue weighted by Crippen LogP contribution is 2.40. The number of amides is 4. The minimum absolute atomic E-state index is 0.0452. The maximum atomic E-state index is 13.3. The molecule has 2 unspecified atom stereocenters. The molecule has 11 heteroatoms. The largest absolute Gasteiger partial charge is 0.493 e. The number of carbonyl (C=O) groups is 3. The van der Waals surface area contributed by atoms with Crippen LogP contribution in [0.1, 0.15) is 39.3 Å². The number of carbonyl (C=O) groups excluding carboxylic acids is 3. The molecule has 204 valence electrons. The Labute approximate surface area is 218 Å². The van der Waals surface area contributed by atoms with Crippen molar-refractivity contribution >= 4 is 18.0 Å². The second-order valence-electron chi connectivity index (χ2n) is 9.49. The van der Waals surface area contributed by atoms with Gasteiger partial charge in [-0.3, -0.25) is 9.80 Å². The Hall–Kier alpha value is -3.47. The lowest BCUT2D eigenvalue weighted by molar-refractivity contribution is -0.139. The molecule has 1 fully saturated rings. The predicted octanol–water partition coefficient (Wildman–Crippen LogP) is 2.34. The number of para-hydroxylation sites is 1. The van der Waals surface area contributed by atoms with Crippen LogP contribution < -0.4 is 20.1 Å². The maximum Gasteiger partial charge on any atom is 0.338 e. The smallest absolute Gasteiger partial charge is 0.338 e. The van der Waals surface area contributed by atoms with E-state index in [2.05, 4.69) is 15.5 Å². The van der Waals surface area contributed by atoms with Gasteiger partial charge in [0, 0.05) is 56.6 Å². The normalized spacial score (nSPS) is 20.6. The van der Waals surface area contributed by atoms with Gasteiger partial charge < -0.3 is 29.7 Å². The number of likely N-dealkylation sites (N-methyl/N-ethyl adjacent to an activating group) is 1. The number of hydrogen-bond acceptors (Lipinski definition) is 7. The van der Waals surface area contributed by atoms with E-state index in [0.717, 1.165) is 0 Å². The van der Waals surface area contributed by atoms with Gasteiger partial charge in [0.15, 0.2) is 11.5 Å². The molecule has 1 aromatic rings. The highest BCUT2D eigenvalue weighted by Gasteiger charge is 2.40. The molecule has 2 aliphatic heterocycles. The zero-order valence-corrected chi connectivity index (χ0v) is 22.8. The van der Waals surface area contributed by atoms with E-state index in [-0.39, 0.29) is 30.8 Å². The third-order valence-electron chi connectivity index (χ3n) is 6.57. The van der Waals surface area contributed by atoms with Gasteiger partial charge in [0.05, 0.1) is 32.4 Å². The summed E-state index contributed by atoms with van der Waals surface area (Å²) in [7, 11) is 4.69. The fourth-order valence-electron chi connectivity index (χ4n) is 4.79. The summed E-state index contributed by atoms with van der Waals surface area (Å²) in [6, 6.07) is 4.11. The fourth-order valence-corrected chi connectivity index (χ4v) is 4.79. The standard InChI is InChI=1S/C26H39N5O6/c1-8-37-24(32)21-19(15-30-12-13-31(17(4)14-30)26(34)27-16(2)3)29(5)25(33)28-22(21)18-10-9-11-20(35-6)23(18)36-7/h9-11,16-17,22H,8,12-15H2,1-7H3,(H,27,34)(H,28,33). The first-order valence-electron chi connectivity index (χ1n) is 12.6. The second-order valence-corrected chi connectivity index (χ2v) is 9.49. The predicted molar refractivity (Wildman–Crippen MR) is 139 cm³/mol. The van der Waals surface area contributed by atoms with Crippen LogP contribution in [0, 0.1) is 0 Å². The summed E-state index contributed by atoms with van der Waals surface area (Å²) in [5.41, 5.74) is 1.47. The number of rotatable bonds is 8. The number of hydrogen-bond donors (Lipinski definition) is 2. The molecule has 37 heavy (non-hydrogen) atoms. The number of methoxy groups -OCH3 is 2. The first-order valence-corrected chi connectivity index (χ1v) is 12.6. The van der Waals surface area contributed by atoms with Gasteiger partial charge in [-0.25, -0.2) is 14.4 Å². The summed E-state index contributed by atoms with van der Waals surface area (Å²) in [6.07, 6.45) is 0. The molecule has 0 bridgehead atoms. The molecule has 0 aliphatic carbocycles. The van der Waals surface area contributed by atoms with E-state index in [0.29, 0.717) is 54.5 Å². The molecule has 11 nitrogen and oxygen atoms in total. The van der Waals surface area contributed by atoms with Crippen LogP contribution in [-0.2, 0) is 9.53 Å². The van der Waals surface area contributed by atoms with E-state index in [4.69, 9.17) is 14.2 Å². The third kappa shape index (κ3) is 6.10. The average Bonchev–Trinajstić information content (AvgIpc) is 2.85. The van der Waals surface area contributed by atoms with Crippen molar-refractivity contribution in [2.75, 3.05) is 54.1 Å². The molecule has 2 heterocycles. The Bertz CT molecular complexity index is 1040. The lowest BCUT2D eigenvalue weighted by Gasteiger charge is -2.42. The molecular formula is C26H39N5O6. The van der Waals surface area contributed by atoms with Crippen LogP contribution in [0.3, 0.4) is 0 Å². The lowest BCUT2D eigenvalue weighted by Crippen LogP contribution is -2.58. The van der Waals surface area contributed by atoms with Crippen molar-refractivity contribution in [3.8, 4) is 11.5 Å². The van der Waals surface area contributed by atoms with Crippen molar-refractivity contribution in [2.24, 2.45) is 0 Å². The van der Waals surface area contributed by atoms with Crippen molar-refractivity contribution in [1.29, 1.82) is 0 Å². The van der Waals surface area contributed by atoms with Crippen LogP contribution in [0.4, 0.5) is 9.59 Å². The van der Waals surface area contributed by atoms with Crippen molar-refractivity contribution in [1.82, 2.24) is 25.3 Å². The molecule has 4 amide bonds. The van der Waals surface area contributed by atoms with Gasteiger partial charge in [0.2, 0.25) is 0 Å². The van der Waals surface area contributed by atoms with Crippen LogP contribution >= 0.6 is 0 Å². The number of ether oxygens (including phenoxy) is 3. The minimum Gasteiger partial charge on any atom is -0.493 e. The molecule has 0 saturated carbocycles. The highest BCUT2D eigenvalue weighted by molar-refractivity contribution is 5.95. The first-order chi connectivity index (χ1) is 17.6. The number of esters is 1. The van der Waals surface area contributed by atoms with Crippen LogP contribution in [0.2, 0.25) is 0 Å². The van der Waals surface area contributed by atoms with Crippen molar-refractivity contribution < 1.29 is 28.6 Å². The summed E-state index contributed by atoms with van der Waals surface area (Å²) in [5.74, 6) is 0.407. The topological polar surface area (TPSA) is 113 Å². The van der Waals surface area contributed by atoms with E-state index in [1.807, 2.05) is 25.7 Å². The number of nitrogens with zero attached hydrogens (tertiary/aromatic N) is 3. The lowest BCUT2D eigenvalue weighted by atomic mass is 9.93. The fraction of sp³-hybridized carbons (Fsp3) is 0.577. The molecule has 3 rings (SSSR count). The SMILES string of the molecule is CCOC(=O)C1=C(CN2CCN(C(=O)NC(C)C)C(C)C2)N(C)C(=O)NC1c1cccc(OC)c1OC. The Morgan fingerprint density at radius 2 is 1.92 bits per heavy atom. The van der Waals surface area contributed by atoms with Gasteiger partial charge in [0.25, 0.3) is 0 Å². The number of nitrogens with one attached hydrogen (secondary N) is 2. The molecule has 0 radical (unpaired) electrons. The summed E-state index contributed by atoms with van der Waals surface area (Å²) in [4.78, 5) is 44.4. The maximum absolute atomic E-state index is 13.3. The van der Waals surface area contributed by atoms with Crippen LogP contribution in [0.15, 0.2) is 29.5 Å². The summed E-state index contributed by atoms with van der Waals surface area (Å²) >= 11 is 0. The molecule has 1 saturated heterocycles. The Morgan fingerprint density at radius 1 is 1.19 bits per heavy atom. The zero-order valence-electron chi connectivity index (χ0n) is 22.8. The van der Waals surface area contributed by atoms with Gasteiger partial charge in [-0.2, -0.15) is 0 Å². The van der Waals surface area contributed by atoms with Crippen molar-refractivity contribution in [3.05, 3.63) is 35.0 Å². The van der Waals surface area contributed by atoms with Gasteiger partial charge in [-0.1, -0.05) is 12.1 Å². The van der Waals surface area contributed by atoms with Gasteiger partial charge >= 0.3 is 18.0 Å². The van der Waals surface area contributed by atoms with Gasteiger partial charge in [0.1, 0.15) is 0 Å². The second kappa shape index (κ2) is 12.2. The van der Waals surface area contributed by atoms with Crippen molar-refractivity contribution in [2.45, 2.75) is 45.8 Å². The summed E-state index contributed by atoms with van der Waals surface area (Å²) in [5, 5.41) is 5.87. The Balaban J connectivity index is 1.99. The zero-order chi connectivity index (χ0) is 27.3. The van der Waals surface area contributed by atoms with Gasteiger partial charge in [-0.15, -0.1) is 0 Å². The number of urea groups is 2. The molecule has 1 aromatic carbocycles. The van der Waals surface area contributed by atoms with Crippen LogP contribution in [0.5, 0.6) is 11.5 Å². The summed E-state index contributed by atoms with van der Waals surface area (Å²) < 4.78 is 16.5. The van der Waals surface area contributed by atoms with Crippen LogP contribution in [0.25, 0.3) is 0 Å². The first kappa shape index (κ1) is 28.1. The molecule has 2 N–H and O–H groups in total. The van der Waals surface area contributed by atoms with Crippen LogP contribution in [-0.4, -0.2) is 98.9 Å². The molecule has 0 aromatic heterocycles. The molecular weight excluding hydrogens is 478 g/mol. The minimum atomic E-state index is -0.793. The molecule has 2 atom stereocenters. The average molecular weight is 518 g/mol. The Kier molecular flexibility index (Phi) is 9.25. The van der Waals surface area contributed by atoms with Crippen molar-refractivity contribution in [3.63, 3.8) is 0 Å². The van der Waals surface area contributed by atoms with E-state index in [1.54, 1.807) is 32.2 Å². The van der Waals surface area contributed by atoms with E-state index in [9.17, 15) is 14.4 Å². The molecule has 0 spiro atoms. The van der Waals surface area contributed by atoms with E-state index in [1.165, 1.54) is 19.1 Å². The highest BCUT2D eigenvalue weighted by atomic mass is 16.5. The third-order valence-corrected chi connectivity index (χ3v) is 6.57. The van der Waals surface area contributed by atoms with E-state index < -0.39 is 12.0 Å². The summed E-state index contributed by atoms with van der Waals surface area (Å²) in [6.45, 7) is 9.85. The van der Waals surface area contributed by atoms with E-state index >= 15 is 0 Å². The number of piperazine rings is 1. The Morgan fingerprint density at radius 3 is 2.51 bits per heavy atom. The quantitative estimate of drug-likeness (QED) is 0.509.